The van der Waals surface area contributed by atoms with Crippen LogP contribution in [0.25, 0.3) is 0 Å². The Kier molecular flexibility index (Phi) is 5.42. The van der Waals surface area contributed by atoms with Gasteiger partial charge in [0.1, 0.15) is 0 Å². The van der Waals surface area contributed by atoms with Gasteiger partial charge in [-0.05, 0) is 41.0 Å². The minimum atomic E-state index is -0.0116. The molecule has 0 saturated carbocycles. The summed E-state index contributed by atoms with van der Waals surface area (Å²) in [5.41, 5.74) is -0.0116. The Morgan fingerprint density at radius 2 is 2.06 bits per heavy atom. The molecule has 102 valence electrons. The minimum absolute atomic E-state index is 0.0116. The third kappa shape index (κ3) is 4.94. The van der Waals surface area contributed by atoms with Gasteiger partial charge in [0, 0.05) is 31.7 Å². The zero-order valence-electron chi connectivity index (χ0n) is 12.4. The van der Waals surface area contributed by atoms with Crippen LogP contribution in [0, 0.1) is 0 Å². The van der Waals surface area contributed by atoms with Crippen LogP contribution in [0.3, 0.4) is 0 Å². The van der Waals surface area contributed by atoms with Crippen molar-refractivity contribution in [2.75, 3.05) is 19.6 Å². The topological polar surface area (TPSA) is 24.5 Å². The van der Waals surface area contributed by atoms with E-state index in [4.69, 9.17) is 4.74 Å². The highest BCUT2D eigenvalue weighted by Gasteiger charge is 2.33. The van der Waals surface area contributed by atoms with Crippen molar-refractivity contribution in [3.8, 4) is 0 Å². The van der Waals surface area contributed by atoms with Gasteiger partial charge in [-0.25, -0.2) is 0 Å². The largest absolute Gasteiger partial charge is 0.370 e. The van der Waals surface area contributed by atoms with Gasteiger partial charge in [0.25, 0.3) is 0 Å². The fraction of sp³-hybridized carbons (Fsp3) is 1.00. The van der Waals surface area contributed by atoms with Crippen molar-refractivity contribution in [3.05, 3.63) is 0 Å². The van der Waals surface area contributed by atoms with Crippen LogP contribution in [0.15, 0.2) is 0 Å². The van der Waals surface area contributed by atoms with Crippen molar-refractivity contribution >= 4 is 0 Å². The van der Waals surface area contributed by atoms with Crippen molar-refractivity contribution in [1.29, 1.82) is 0 Å². The third-order valence-electron chi connectivity index (χ3n) is 3.59. The van der Waals surface area contributed by atoms with Gasteiger partial charge in [-0.3, -0.25) is 4.90 Å². The number of ether oxygens (including phenoxy) is 1. The van der Waals surface area contributed by atoms with E-state index in [2.05, 4.69) is 51.8 Å². The van der Waals surface area contributed by atoms with E-state index in [1.165, 1.54) is 6.42 Å². The highest BCUT2D eigenvalue weighted by Crippen LogP contribution is 2.22. The Labute approximate surface area is 107 Å². The average Bonchev–Trinajstić information content (AvgIpc) is 2.22. The molecule has 0 aromatic rings. The Morgan fingerprint density at radius 3 is 2.59 bits per heavy atom. The summed E-state index contributed by atoms with van der Waals surface area (Å²) in [5.74, 6) is 0. The molecular formula is C14H30N2O. The first-order valence-corrected chi connectivity index (χ1v) is 6.99. The van der Waals surface area contributed by atoms with Crippen LogP contribution in [0.5, 0.6) is 0 Å². The molecule has 1 saturated heterocycles. The molecule has 3 unspecified atom stereocenters. The summed E-state index contributed by atoms with van der Waals surface area (Å²) in [6.45, 7) is 16.5. The van der Waals surface area contributed by atoms with E-state index in [9.17, 15) is 0 Å². The lowest BCUT2D eigenvalue weighted by Gasteiger charge is -2.44. The third-order valence-corrected chi connectivity index (χ3v) is 3.59. The monoisotopic (exact) mass is 242 g/mol. The summed E-state index contributed by atoms with van der Waals surface area (Å²) >= 11 is 0. The molecule has 1 aliphatic rings. The second-order valence-corrected chi connectivity index (χ2v) is 6.18. The van der Waals surface area contributed by atoms with Crippen molar-refractivity contribution in [1.82, 2.24) is 10.2 Å². The van der Waals surface area contributed by atoms with Crippen LogP contribution in [0.1, 0.15) is 48.0 Å². The Hall–Kier alpha value is -0.120. The first kappa shape index (κ1) is 14.9. The molecule has 0 radical (unpaired) electrons. The van der Waals surface area contributed by atoms with Gasteiger partial charge in [-0.2, -0.15) is 0 Å². The second-order valence-electron chi connectivity index (χ2n) is 6.18. The minimum Gasteiger partial charge on any atom is -0.370 e. The average molecular weight is 242 g/mol. The molecule has 0 aliphatic carbocycles. The molecule has 1 aliphatic heterocycles. The van der Waals surface area contributed by atoms with E-state index in [0.717, 1.165) is 19.6 Å². The molecule has 1 N–H and O–H groups in total. The molecule has 0 amide bonds. The Morgan fingerprint density at radius 1 is 1.41 bits per heavy atom. The summed E-state index contributed by atoms with van der Waals surface area (Å²) in [5, 5.41) is 3.59. The van der Waals surface area contributed by atoms with Gasteiger partial charge in [0.05, 0.1) is 11.7 Å². The highest BCUT2D eigenvalue weighted by molar-refractivity contribution is 4.86. The van der Waals surface area contributed by atoms with Gasteiger partial charge in [-0.15, -0.1) is 0 Å². The summed E-state index contributed by atoms with van der Waals surface area (Å²) in [7, 11) is 0. The molecule has 0 bridgehead atoms. The van der Waals surface area contributed by atoms with Gasteiger partial charge in [0.15, 0.2) is 0 Å². The fourth-order valence-electron chi connectivity index (χ4n) is 2.48. The molecular weight excluding hydrogens is 212 g/mol. The zero-order chi connectivity index (χ0) is 13.1. The van der Waals surface area contributed by atoms with Crippen molar-refractivity contribution in [3.63, 3.8) is 0 Å². The predicted octanol–water partition coefficient (Wildman–Crippen LogP) is 2.26. The van der Waals surface area contributed by atoms with E-state index in [1.54, 1.807) is 0 Å². The molecule has 0 aromatic heterocycles. The quantitative estimate of drug-likeness (QED) is 0.800. The van der Waals surface area contributed by atoms with Gasteiger partial charge in [0.2, 0.25) is 0 Å². The molecule has 3 nitrogen and oxygen atoms in total. The predicted molar refractivity (Wildman–Crippen MR) is 73.4 cm³/mol. The first-order valence-electron chi connectivity index (χ1n) is 6.99. The Balaban J connectivity index is 2.42. The molecule has 1 rings (SSSR count). The number of hydrogen-bond acceptors (Lipinski definition) is 3. The smallest absolute Gasteiger partial charge is 0.0757 e. The van der Waals surface area contributed by atoms with Crippen molar-refractivity contribution in [2.24, 2.45) is 0 Å². The highest BCUT2D eigenvalue weighted by atomic mass is 16.5. The van der Waals surface area contributed by atoms with Crippen LogP contribution >= 0.6 is 0 Å². The maximum absolute atomic E-state index is 5.94. The van der Waals surface area contributed by atoms with Crippen molar-refractivity contribution < 1.29 is 4.74 Å². The van der Waals surface area contributed by atoms with Crippen molar-refractivity contribution in [2.45, 2.75) is 71.8 Å². The second kappa shape index (κ2) is 6.17. The number of nitrogens with one attached hydrogen (secondary N) is 1. The molecule has 3 atom stereocenters. The number of rotatable bonds is 5. The standard InChI is InChI=1S/C14H30N2O/c1-7-11(2)15-8-12(3)16-9-13(4)17-14(5,6)10-16/h11-13,15H,7-10H2,1-6H3. The lowest BCUT2D eigenvalue weighted by Crippen LogP contribution is -2.56. The normalized spacial score (nSPS) is 28.9. The van der Waals surface area contributed by atoms with Crippen LogP contribution in [0.2, 0.25) is 0 Å². The molecule has 0 spiro atoms. The van der Waals surface area contributed by atoms with Gasteiger partial charge >= 0.3 is 0 Å². The number of morpholine rings is 1. The van der Waals surface area contributed by atoms with Crippen LogP contribution in [-0.4, -0.2) is 48.3 Å². The van der Waals surface area contributed by atoms with Gasteiger partial charge in [-0.1, -0.05) is 6.92 Å². The summed E-state index contributed by atoms with van der Waals surface area (Å²) in [6.07, 6.45) is 1.53. The lowest BCUT2D eigenvalue weighted by atomic mass is 10.0. The maximum Gasteiger partial charge on any atom is 0.0757 e. The van der Waals surface area contributed by atoms with E-state index >= 15 is 0 Å². The SMILES string of the molecule is CCC(C)NCC(C)N1CC(C)OC(C)(C)C1. The van der Waals surface area contributed by atoms with E-state index in [1.807, 2.05) is 0 Å². The summed E-state index contributed by atoms with van der Waals surface area (Å²) in [6, 6.07) is 1.19. The van der Waals surface area contributed by atoms with Gasteiger partial charge < -0.3 is 10.1 Å². The van der Waals surface area contributed by atoms with E-state index in [-0.39, 0.29) is 5.60 Å². The number of hydrogen-bond donors (Lipinski definition) is 1. The molecule has 17 heavy (non-hydrogen) atoms. The zero-order valence-corrected chi connectivity index (χ0v) is 12.4. The summed E-state index contributed by atoms with van der Waals surface area (Å²) < 4.78 is 5.94. The van der Waals surface area contributed by atoms with E-state index < -0.39 is 0 Å². The molecule has 1 fully saturated rings. The fourth-order valence-corrected chi connectivity index (χ4v) is 2.48. The van der Waals surface area contributed by atoms with Crippen LogP contribution in [-0.2, 0) is 4.74 Å². The maximum atomic E-state index is 5.94. The van der Waals surface area contributed by atoms with Crippen LogP contribution in [0.4, 0.5) is 0 Å². The molecule has 1 heterocycles. The molecule has 0 aromatic carbocycles. The first-order chi connectivity index (χ1) is 7.84. The summed E-state index contributed by atoms with van der Waals surface area (Å²) in [4.78, 5) is 2.55. The molecule has 3 heteroatoms. The number of nitrogens with zero attached hydrogens (tertiary/aromatic N) is 1. The lowest BCUT2D eigenvalue weighted by molar-refractivity contribution is -0.136. The van der Waals surface area contributed by atoms with Crippen LogP contribution < -0.4 is 5.32 Å². The van der Waals surface area contributed by atoms with E-state index in [0.29, 0.717) is 18.2 Å². The Bertz CT molecular complexity index is 230.